The number of hydrogen-bond donors (Lipinski definition) is 0. The lowest BCUT2D eigenvalue weighted by Gasteiger charge is -2.07. The maximum Gasteiger partial charge on any atom is 0.344 e. The van der Waals surface area contributed by atoms with Crippen LogP contribution in [-0.2, 0) is 16.6 Å². The number of halogens is 2. The number of aryl methyl sites for hydroxylation is 1. The van der Waals surface area contributed by atoms with Gasteiger partial charge < -0.3 is 9.30 Å². The predicted octanol–water partition coefficient (Wildman–Crippen LogP) is 3.95. The Hall–Kier alpha value is -2.43. The summed E-state index contributed by atoms with van der Waals surface area (Å²) in [6, 6.07) is 6.52. The van der Waals surface area contributed by atoms with Crippen LogP contribution in [0.25, 0.3) is 21.3 Å². The zero-order valence-corrected chi connectivity index (χ0v) is 17.5. The summed E-state index contributed by atoms with van der Waals surface area (Å²) in [7, 11) is 2.82. The summed E-state index contributed by atoms with van der Waals surface area (Å²) in [5.41, 5.74) is 7.17. The van der Waals surface area contributed by atoms with E-state index in [9.17, 15) is 19.7 Å². The van der Waals surface area contributed by atoms with E-state index >= 15 is 0 Å². The number of alkyl halides is 2. The second kappa shape index (κ2) is 10.7. The minimum Gasteiger partial charge on any atom is -0.469 e. The molecular weight excluding hydrogens is 490 g/mol. The number of para-hydroxylation sites is 1. The zero-order valence-electron chi connectivity index (χ0n) is 14.3. The molecule has 2 aromatic rings. The number of esters is 1. The molecule has 1 aromatic heterocycles. The molecule has 0 atom stereocenters. The molecule has 27 heavy (non-hydrogen) atoms. The first-order chi connectivity index (χ1) is 12.8. The molecule has 2 rings (SSSR count). The van der Waals surface area contributed by atoms with E-state index in [1.54, 1.807) is 24.3 Å². The van der Waals surface area contributed by atoms with Crippen LogP contribution >= 0.6 is 31.9 Å². The molecule has 0 N–H and O–H groups in total. The quantitative estimate of drug-likeness (QED) is 0.115. The average Bonchev–Trinajstić information content (AvgIpc) is 2.67. The first-order valence-corrected chi connectivity index (χ1v) is 9.59. The standard InChI is InChI=1S/C10H7N5O3.C5H8Br2O2/c1-14-7-5-3-2-4-6(7)8(12-13-11)9(10(14)16)15(17)18;1-9-5(8)4(2-6)3-7/h2-5H,1H3;4H,2-3H2,1H3. The van der Waals surface area contributed by atoms with Gasteiger partial charge in [-0.05, 0) is 11.6 Å². The maximum atomic E-state index is 11.9. The van der Waals surface area contributed by atoms with E-state index in [1.165, 1.54) is 14.2 Å². The van der Waals surface area contributed by atoms with Crippen molar-refractivity contribution in [3.63, 3.8) is 0 Å². The number of rotatable bonds is 5. The molecular formula is C15H15Br2N5O5. The van der Waals surface area contributed by atoms with Crippen LogP contribution in [0, 0.1) is 16.0 Å². The van der Waals surface area contributed by atoms with Crippen LogP contribution in [0.15, 0.2) is 34.2 Å². The van der Waals surface area contributed by atoms with Gasteiger partial charge in [0.2, 0.25) is 0 Å². The SMILES string of the molecule is COC(=O)C(CBr)CBr.Cn1c(=O)c([N+](=O)[O-])c(N=[N+]=[N-])c2ccccc21. The summed E-state index contributed by atoms with van der Waals surface area (Å²) >= 11 is 6.37. The molecule has 0 aliphatic heterocycles. The molecule has 0 unspecified atom stereocenters. The van der Waals surface area contributed by atoms with Crippen LogP contribution in [-0.4, -0.2) is 33.2 Å². The van der Waals surface area contributed by atoms with Gasteiger partial charge in [-0.3, -0.25) is 19.7 Å². The monoisotopic (exact) mass is 503 g/mol. The lowest BCUT2D eigenvalue weighted by molar-refractivity contribution is -0.385. The van der Waals surface area contributed by atoms with E-state index < -0.39 is 16.2 Å². The number of pyridine rings is 1. The Labute approximate surface area is 170 Å². The van der Waals surface area contributed by atoms with Gasteiger partial charge in [0.1, 0.15) is 5.69 Å². The van der Waals surface area contributed by atoms with Crippen LogP contribution in [0.1, 0.15) is 0 Å². The molecule has 0 radical (unpaired) electrons. The van der Waals surface area contributed by atoms with Crippen LogP contribution in [0.2, 0.25) is 0 Å². The van der Waals surface area contributed by atoms with Crippen molar-refractivity contribution in [3.05, 3.63) is 55.2 Å². The van der Waals surface area contributed by atoms with Crippen molar-refractivity contribution in [3.8, 4) is 0 Å². The van der Waals surface area contributed by atoms with Crippen LogP contribution in [0.5, 0.6) is 0 Å². The van der Waals surface area contributed by atoms with E-state index in [0.29, 0.717) is 21.6 Å². The van der Waals surface area contributed by atoms with E-state index in [-0.39, 0.29) is 17.6 Å². The fourth-order valence-corrected chi connectivity index (χ4v) is 3.71. The van der Waals surface area contributed by atoms with Gasteiger partial charge in [0, 0.05) is 28.0 Å². The van der Waals surface area contributed by atoms with Crippen molar-refractivity contribution in [1.82, 2.24) is 4.57 Å². The number of hydrogen-bond acceptors (Lipinski definition) is 6. The normalized spacial score (nSPS) is 9.96. The number of benzene rings is 1. The first-order valence-electron chi connectivity index (χ1n) is 7.34. The number of methoxy groups -OCH3 is 1. The summed E-state index contributed by atoms with van der Waals surface area (Å²) in [5.74, 6) is -0.237. The predicted molar refractivity (Wildman–Crippen MR) is 108 cm³/mol. The zero-order chi connectivity index (χ0) is 20.6. The summed E-state index contributed by atoms with van der Waals surface area (Å²) in [5, 5.41) is 15.9. The molecule has 1 aromatic carbocycles. The van der Waals surface area contributed by atoms with Crippen molar-refractivity contribution >= 4 is 60.1 Å². The van der Waals surface area contributed by atoms with Crippen LogP contribution in [0.3, 0.4) is 0 Å². The highest BCUT2D eigenvalue weighted by molar-refractivity contribution is 9.09. The first kappa shape index (κ1) is 22.6. The number of nitrogens with zero attached hydrogens (tertiary/aromatic N) is 5. The number of aromatic nitrogens is 1. The van der Waals surface area contributed by atoms with Gasteiger partial charge in [0.05, 0.1) is 23.5 Å². The summed E-state index contributed by atoms with van der Waals surface area (Å²) < 4.78 is 5.65. The lowest BCUT2D eigenvalue weighted by Crippen LogP contribution is -2.20. The maximum absolute atomic E-state index is 11.9. The molecule has 10 nitrogen and oxygen atoms in total. The minimum atomic E-state index is -0.835. The highest BCUT2D eigenvalue weighted by Gasteiger charge is 2.23. The molecule has 144 valence electrons. The molecule has 12 heteroatoms. The van der Waals surface area contributed by atoms with Gasteiger partial charge in [0.15, 0.2) is 0 Å². The summed E-state index contributed by atoms with van der Waals surface area (Å²) in [4.78, 5) is 35.2. The molecule has 0 bridgehead atoms. The largest absolute Gasteiger partial charge is 0.469 e. The lowest BCUT2D eigenvalue weighted by atomic mass is 10.1. The third-order valence-corrected chi connectivity index (χ3v) is 5.05. The Morgan fingerprint density at radius 2 is 2.00 bits per heavy atom. The Balaban J connectivity index is 0.000000345. The minimum absolute atomic E-state index is 0.0602. The van der Waals surface area contributed by atoms with E-state index in [4.69, 9.17) is 5.53 Å². The fourth-order valence-electron chi connectivity index (χ4n) is 2.11. The molecule has 0 saturated carbocycles. The van der Waals surface area contributed by atoms with Crippen LogP contribution in [0.4, 0.5) is 11.4 Å². The second-order valence-corrected chi connectivity index (χ2v) is 6.35. The number of ether oxygens (including phenoxy) is 1. The summed E-state index contributed by atoms with van der Waals surface area (Å²) in [6.07, 6.45) is 0. The van der Waals surface area contributed by atoms with Gasteiger partial charge >= 0.3 is 17.2 Å². The van der Waals surface area contributed by atoms with Gasteiger partial charge in [-0.2, -0.15) is 0 Å². The molecule has 0 aliphatic rings. The van der Waals surface area contributed by atoms with Crippen LogP contribution < -0.4 is 5.56 Å². The molecule has 0 fully saturated rings. The number of fused-ring (bicyclic) bond motifs is 1. The smallest absolute Gasteiger partial charge is 0.344 e. The van der Waals surface area contributed by atoms with Crippen molar-refractivity contribution in [1.29, 1.82) is 0 Å². The number of carbonyl (C=O) groups excluding carboxylic acids is 1. The number of carbonyl (C=O) groups is 1. The molecule has 0 saturated heterocycles. The van der Waals surface area contributed by atoms with E-state index in [2.05, 4.69) is 46.6 Å². The third-order valence-electron chi connectivity index (χ3n) is 3.49. The molecule has 1 heterocycles. The number of azide groups is 1. The van der Waals surface area contributed by atoms with Crippen molar-refractivity contribution in [2.45, 2.75) is 0 Å². The van der Waals surface area contributed by atoms with Gasteiger partial charge in [0.25, 0.3) is 0 Å². The second-order valence-electron chi connectivity index (χ2n) is 5.05. The fraction of sp³-hybridized carbons (Fsp3) is 0.333. The highest BCUT2D eigenvalue weighted by Crippen LogP contribution is 2.32. The topological polar surface area (TPSA) is 140 Å². The van der Waals surface area contributed by atoms with E-state index in [0.717, 1.165) is 4.57 Å². The molecule has 0 amide bonds. The van der Waals surface area contributed by atoms with Gasteiger partial charge in [-0.1, -0.05) is 55.2 Å². The number of nitro groups is 1. The van der Waals surface area contributed by atoms with Crippen molar-refractivity contribution < 1.29 is 14.5 Å². The Morgan fingerprint density at radius 3 is 2.44 bits per heavy atom. The van der Waals surface area contributed by atoms with Crippen molar-refractivity contribution in [2.75, 3.05) is 17.8 Å². The van der Waals surface area contributed by atoms with Gasteiger partial charge in [-0.15, -0.1) is 0 Å². The van der Waals surface area contributed by atoms with Crippen molar-refractivity contribution in [2.24, 2.45) is 18.1 Å². The highest BCUT2D eigenvalue weighted by atomic mass is 79.9. The Bertz CT molecular complexity index is 951. The summed E-state index contributed by atoms with van der Waals surface area (Å²) in [6.45, 7) is 0. The third kappa shape index (κ3) is 5.28. The Kier molecular flexibility index (Phi) is 8.92. The van der Waals surface area contributed by atoms with E-state index in [1.807, 2.05) is 0 Å². The van der Waals surface area contributed by atoms with Gasteiger partial charge in [-0.25, -0.2) is 0 Å². The Morgan fingerprint density at radius 1 is 1.41 bits per heavy atom. The average molecular weight is 505 g/mol. The molecule has 0 aliphatic carbocycles. The molecule has 0 spiro atoms.